The standard InChI is InChI=1S/C38H47ClO10/c1-27(2)36(28(3)4)38(42)48-24-22-44-20-19-43-21-23-45-33-13-9-31(10-14-33)37(41)49-34-15-7-30(8-16-34)29-5-11-32(12-6-29)46-25-26-47-35(40)17-18-39/h5-16,27-28,36H,17-26H2,1-4H3. The largest absolute Gasteiger partial charge is 0.491 e. The average molecular weight is 699 g/mol. The molecule has 3 aromatic rings. The second-order valence-corrected chi connectivity index (χ2v) is 12.1. The highest BCUT2D eigenvalue weighted by atomic mass is 35.5. The van der Waals surface area contributed by atoms with Gasteiger partial charge < -0.3 is 33.2 Å². The molecule has 3 rings (SSSR count). The second kappa shape index (κ2) is 21.8. The zero-order valence-corrected chi connectivity index (χ0v) is 29.4. The minimum absolute atomic E-state index is 0.114. The average Bonchev–Trinajstić information content (AvgIpc) is 3.08. The van der Waals surface area contributed by atoms with Crippen molar-refractivity contribution in [2.75, 3.05) is 58.7 Å². The number of carbonyl (C=O) groups excluding carboxylic acids is 3. The van der Waals surface area contributed by atoms with Crippen LogP contribution in [0.5, 0.6) is 17.2 Å². The Kier molecular flexibility index (Phi) is 17.5. The van der Waals surface area contributed by atoms with Crippen molar-refractivity contribution in [3.63, 3.8) is 0 Å². The van der Waals surface area contributed by atoms with Gasteiger partial charge in [-0.2, -0.15) is 0 Å². The molecule has 0 aliphatic rings. The van der Waals surface area contributed by atoms with Crippen LogP contribution in [0.2, 0.25) is 0 Å². The Labute approximate surface area is 293 Å². The summed E-state index contributed by atoms with van der Waals surface area (Å²) in [7, 11) is 0. The van der Waals surface area contributed by atoms with Crippen LogP contribution in [0.25, 0.3) is 11.1 Å². The van der Waals surface area contributed by atoms with Crippen LogP contribution >= 0.6 is 11.6 Å². The molecule has 49 heavy (non-hydrogen) atoms. The SMILES string of the molecule is CC(C)C(C(=O)OCCOCCOCCOc1ccc(C(=O)Oc2ccc(-c3ccc(OCCOC(=O)CCCl)cc3)cc2)cc1)C(C)C. The van der Waals surface area contributed by atoms with E-state index < -0.39 is 5.97 Å². The Bertz CT molecular complexity index is 1400. The molecular formula is C38H47ClO10. The Balaban J connectivity index is 1.29. The molecule has 0 atom stereocenters. The maximum Gasteiger partial charge on any atom is 0.343 e. The van der Waals surface area contributed by atoms with E-state index in [-0.39, 0.29) is 61.8 Å². The van der Waals surface area contributed by atoms with E-state index in [1.165, 1.54) is 0 Å². The molecule has 0 aliphatic heterocycles. The highest BCUT2D eigenvalue weighted by Gasteiger charge is 2.26. The third-order valence-electron chi connectivity index (χ3n) is 7.31. The van der Waals surface area contributed by atoms with Crippen molar-refractivity contribution in [2.45, 2.75) is 34.1 Å². The van der Waals surface area contributed by atoms with Crippen LogP contribution in [0.1, 0.15) is 44.5 Å². The molecule has 266 valence electrons. The van der Waals surface area contributed by atoms with Gasteiger partial charge >= 0.3 is 17.9 Å². The highest BCUT2D eigenvalue weighted by molar-refractivity contribution is 6.18. The lowest BCUT2D eigenvalue weighted by Gasteiger charge is -2.22. The third kappa shape index (κ3) is 14.5. The molecule has 3 aromatic carbocycles. The summed E-state index contributed by atoms with van der Waals surface area (Å²) in [6.45, 7) is 10.5. The molecule has 0 saturated carbocycles. The number of hydrogen-bond donors (Lipinski definition) is 0. The van der Waals surface area contributed by atoms with Crippen LogP contribution in [0.3, 0.4) is 0 Å². The van der Waals surface area contributed by atoms with Gasteiger partial charge in [-0.1, -0.05) is 52.0 Å². The van der Waals surface area contributed by atoms with E-state index in [1.807, 2.05) is 64.1 Å². The van der Waals surface area contributed by atoms with Crippen molar-refractivity contribution in [3.8, 4) is 28.4 Å². The van der Waals surface area contributed by atoms with Crippen LogP contribution < -0.4 is 14.2 Å². The number of alkyl halides is 1. The summed E-state index contributed by atoms with van der Waals surface area (Å²) in [5, 5.41) is 0. The van der Waals surface area contributed by atoms with Gasteiger partial charge in [-0.25, -0.2) is 4.79 Å². The van der Waals surface area contributed by atoms with Gasteiger partial charge in [0.2, 0.25) is 0 Å². The normalized spacial score (nSPS) is 11.1. The topological polar surface area (TPSA) is 116 Å². The lowest BCUT2D eigenvalue weighted by Crippen LogP contribution is -2.28. The number of carbonyl (C=O) groups is 3. The number of rotatable bonds is 22. The Morgan fingerprint density at radius 1 is 0.571 bits per heavy atom. The zero-order chi connectivity index (χ0) is 35.4. The molecule has 0 aromatic heterocycles. The molecule has 0 aliphatic carbocycles. The quantitative estimate of drug-likeness (QED) is 0.0470. The minimum Gasteiger partial charge on any atom is -0.491 e. The van der Waals surface area contributed by atoms with Crippen LogP contribution in [-0.2, 0) is 28.5 Å². The van der Waals surface area contributed by atoms with Crippen LogP contribution in [0.15, 0.2) is 72.8 Å². The van der Waals surface area contributed by atoms with Crippen LogP contribution in [0, 0.1) is 17.8 Å². The molecule has 0 unspecified atom stereocenters. The smallest absolute Gasteiger partial charge is 0.343 e. The predicted octanol–water partition coefficient (Wildman–Crippen LogP) is 7.01. The van der Waals surface area contributed by atoms with Crippen molar-refractivity contribution >= 4 is 29.5 Å². The van der Waals surface area contributed by atoms with E-state index in [2.05, 4.69) is 0 Å². The first kappa shape index (κ1) is 39.3. The Morgan fingerprint density at radius 3 is 1.55 bits per heavy atom. The van der Waals surface area contributed by atoms with Gasteiger partial charge in [-0.15, -0.1) is 11.6 Å². The first-order valence-corrected chi connectivity index (χ1v) is 17.0. The van der Waals surface area contributed by atoms with Gasteiger partial charge in [0.25, 0.3) is 0 Å². The minimum atomic E-state index is -0.480. The van der Waals surface area contributed by atoms with Crippen LogP contribution in [0.4, 0.5) is 0 Å². The first-order chi connectivity index (χ1) is 23.7. The zero-order valence-electron chi connectivity index (χ0n) is 28.7. The van der Waals surface area contributed by atoms with Crippen molar-refractivity contribution in [2.24, 2.45) is 17.8 Å². The first-order valence-electron chi connectivity index (χ1n) is 16.5. The van der Waals surface area contributed by atoms with Gasteiger partial charge in [-0.3, -0.25) is 9.59 Å². The number of benzene rings is 3. The van der Waals surface area contributed by atoms with E-state index in [1.54, 1.807) is 36.4 Å². The number of ether oxygens (including phenoxy) is 7. The molecule has 0 radical (unpaired) electrons. The summed E-state index contributed by atoms with van der Waals surface area (Å²) in [5.41, 5.74) is 2.30. The molecular weight excluding hydrogens is 652 g/mol. The van der Waals surface area contributed by atoms with E-state index in [0.29, 0.717) is 55.8 Å². The fraction of sp³-hybridized carbons (Fsp3) is 0.447. The second-order valence-electron chi connectivity index (χ2n) is 11.7. The van der Waals surface area contributed by atoms with Crippen molar-refractivity contribution < 1.29 is 47.5 Å². The van der Waals surface area contributed by atoms with E-state index in [4.69, 9.17) is 44.8 Å². The molecule has 10 nitrogen and oxygen atoms in total. The summed E-state index contributed by atoms with van der Waals surface area (Å²) < 4.78 is 38.2. The molecule has 0 heterocycles. The lowest BCUT2D eigenvalue weighted by atomic mass is 9.86. The maximum atomic E-state index is 12.7. The van der Waals surface area contributed by atoms with Gasteiger partial charge in [0.15, 0.2) is 0 Å². The number of halogens is 1. The highest BCUT2D eigenvalue weighted by Crippen LogP contribution is 2.26. The van der Waals surface area contributed by atoms with Gasteiger partial charge in [-0.05, 0) is 71.5 Å². The fourth-order valence-corrected chi connectivity index (χ4v) is 5.08. The molecule has 0 amide bonds. The van der Waals surface area contributed by atoms with Crippen LogP contribution in [-0.4, -0.2) is 76.6 Å². The lowest BCUT2D eigenvalue weighted by molar-refractivity contribution is -0.153. The summed E-state index contributed by atoms with van der Waals surface area (Å²) in [6, 6.07) is 21.4. The molecule has 11 heteroatoms. The van der Waals surface area contributed by atoms with E-state index in [0.717, 1.165) is 11.1 Å². The summed E-state index contributed by atoms with van der Waals surface area (Å²) in [6.07, 6.45) is 0.176. The summed E-state index contributed by atoms with van der Waals surface area (Å²) >= 11 is 5.51. The summed E-state index contributed by atoms with van der Waals surface area (Å²) in [4.78, 5) is 36.2. The Morgan fingerprint density at radius 2 is 1.02 bits per heavy atom. The Hall–Kier alpha value is -4.12. The number of esters is 3. The third-order valence-corrected chi connectivity index (χ3v) is 7.49. The van der Waals surface area contributed by atoms with Crippen molar-refractivity contribution in [1.29, 1.82) is 0 Å². The molecule has 0 bridgehead atoms. The molecule has 0 saturated heterocycles. The van der Waals surface area contributed by atoms with E-state index >= 15 is 0 Å². The predicted molar refractivity (Wildman–Crippen MR) is 186 cm³/mol. The molecule has 0 fully saturated rings. The van der Waals surface area contributed by atoms with Gasteiger partial charge in [0.1, 0.15) is 43.7 Å². The maximum absolute atomic E-state index is 12.7. The molecule has 0 N–H and O–H groups in total. The fourth-order valence-electron chi connectivity index (χ4n) is 4.93. The van der Waals surface area contributed by atoms with E-state index in [9.17, 15) is 14.4 Å². The van der Waals surface area contributed by atoms with Gasteiger partial charge in [0.05, 0.1) is 44.3 Å². The molecule has 0 spiro atoms. The van der Waals surface area contributed by atoms with Crippen molar-refractivity contribution in [3.05, 3.63) is 78.4 Å². The van der Waals surface area contributed by atoms with Crippen molar-refractivity contribution in [1.82, 2.24) is 0 Å². The number of hydrogen-bond acceptors (Lipinski definition) is 10. The summed E-state index contributed by atoms with van der Waals surface area (Å²) in [5.74, 6) is 1.25. The monoisotopic (exact) mass is 698 g/mol. The van der Waals surface area contributed by atoms with Gasteiger partial charge in [0, 0.05) is 5.88 Å².